The van der Waals surface area contributed by atoms with Crippen molar-refractivity contribution in [1.82, 2.24) is 0 Å². The number of oxime groups is 1. The number of ether oxygens (including phenoxy) is 2. The van der Waals surface area contributed by atoms with E-state index in [1.54, 1.807) is 30.3 Å². The van der Waals surface area contributed by atoms with Crippen molar-refractivity contribution in [3.8, 4) is 0 Å². The van der Waals surface area contributed by atoms with Gasteiger partial charge in [0.05, 0.1) is 18.8 Å². The first kappa shape index (κ1) is 26.5. The second kappa shape index (κ2) is 12.5. The van der Waals surface area contributed by atoms with E-state index in [4.69, 9.17) is 9.47 Å². The molecule has 14 heteroatoms. The molecular weight excluding hydrogens is 470 g/mol. The number of hydrogen-bond acceptors (Lipinski definition) is 13. The fraction of sp³-hybridized carbons (Fsp3) is 0.556. The molecule has 1 aliphatic heterocycles. The second-order valence-corrected chi connectivity index (χ2v) is 8.88. The van der Waals surface area contributed by atoms with E-state index in [0.29, 0.717) is 30.2 Å². The molecule has 4 N–H and O–H groups in total. The molecule has 0 bridgehead atoms. The van der Waals surface area contributed by atoms with Gasteiger partial charge in [-0.05, 0) is 31.4 Å². The van der Waals surface area contributed by atoms with Crippen LogP contribution in [0.5, 0.6) is 0 Å². The third kappa shape index (κ3) is 8.29. The Balaban J connectivity index is 1.92. The highest BCUT2D eigenvalue weighted by Gasteiger charge is 2.44. The zero-order chi connectivity index (χ0) is 23.7. The van der Waals surface area contributed by atoms with Crippen LogP contribution in [0.15, 0.2) is 35.5 Å². The highest BCUT2D eigenvalue weighted by Crippen LogP contribution is 2.30. The molecule has 12 nitrogen and oxygen atoms in total. The molecule has 0 unspecified atom stereocenters. The van der Waals surface area contributed by atoms with E-state index in [2.05, 4.69) is 9.44 Å². The van der Waals surface area contributed by atoms with E-state index in [1.165, 1.54) is 0 Å². The van der Waals surface area contributed by atoms with Gasteiger partial charge in [-0.1, -0.05) is 35.1 Å². The standard InChI is InChI=1S/C18H25NO11S2/c20-10-12-14(21)15(22)16(23)18(29-12)31-13(19-30-32(25,26)27)8-4-5-9-28-17(24)11-6-2-1-3-7-11/h1-3,6-7,12,14-16,18,20-23H,4-5,8-10H2,(H,25,26,27)/p-1/b19-13+/t12-,14-,15+,16-,18+/m1/s1. The van der Waals surface area contributed by atoms with Crippen molar-refractivity contribution in [3.05, 3.63) is 35.9 Å². The lowest BCUT2D eigenvalue weighted by atomic mass is 10.0. The van der Waals surface area contributed by atoms with Gasteiger partial charge in [-0.3, -0.25) is 4.28 Å². The molecule has 5 atom stereocenters. The van der Waals surface area contributed by atoms with Crippen LogP contribution in [-0.4, -0.2) is 87.5 Å². The average Bonchev–Trinajstić information content (AvgIpc) is 2.77. The van der Waals surface area contributed by atoms with Gasteiger partial charge in [0.1, 0.15) is 34.9 Å². The zero-order valence-electron chi connectivity index (χ0n) is 16.7. The van der Waals surface area contributed by atoms with Crippen molar-refractivity contribution >= 4 is 33.2 Å². The van der Waals surface area contributed by atoms with Crippen LogP contribution in [-0.2, 0) is 24.2 Å². The predicted molar refractivity (Wildman–Crippen MR) is 110 cm³/mol. The van der Waals surface area contributed by atoms with E-state index in [0.717, 1.165) is 0 Å². The summed E-state index contributed by atoms with van der Waals surface area (Å²) in [6.07, 6.45) is -5.23. The molecule has 1 fully saturated rings. The van der Waals surface area contributed by atoms with Gasteiger partial charge in [0.2, 0.25) is 0 Å². The number of hydrogen-bond donors (Lipinski definition) is 4. The molecule has 0 aliphatic carbocycles. The average molecular weight is 495 g/mol. The Morgan fingerprint density at radius 2 is 1.81 bits per heavy atom. The largest absolute Gasteiger partial charge is 0.714 e. The number of nitrogens with zero attached hydrogens (tertiary/aromatic N) is 1. The molecule has 0 radical (unpaired) electrons. The molecule has 1 heterocycles. The van der Waals surface area contributed by atoms with Crippen LogP contribution in [0.25, 0.3) is 0 Å². The van der Waals surface area contributed by atoms with Crippen LogP contribution in [0.3, 0.4) is 0 Å². The topological polar surface area (TPSA) is 195 Å². The number of aliphatic hydroxyl groups excluding tert-OH is 4. The van der Waals surface area contributed by atoms with Crippen molar-refractivity contribution in [3.63, 3.8) is 0 Å². The lowest BCUT2D eigenvalue weighted by molar-refractivity contribution is -0.205. The smallest absolute Gasteiger partial charge is 0.338 e. The van der Waals surface area contributed by atoms with E-state index >= 15 is 0 Å². The molecule has 1 aromatic carbocycles. The minimum atomic E-state index is -5.14. The van der Waals surface area contributed by atoms with Crippen molar-refractivity contribution in [1.29, 1.82) is 0 Å². The number of thioether (sulfide) groups is 1. The minimum Gasteiger partial charge on any atom is -0.714 e. The number of aliphatic hydroxyl groups is 4. The van der Waals surface area contributed by atoms with Crippen LogP contribution in [0.2, 0.25) is 0 Å². The first-order chi connectivity index (χ1) is 15.1. The van der Waals surface area contributed by atoms with Gasteiger partial charge >= 0.3 is 5.97 Å². The molecule has 180 valence electrons. The quantitative estimate of drug-likeness (QED) is 0.0610. The van der Waals surface area contributed by atoms with Crippen LogP contribution in [0, 0.1) is 0 Å². The van der Waals surface area contributed by atoms with Crippen molar-refractivity contribution in [2.45, 2.75) is 49.1 Å². The zero-order valence-corrected chi connectivity index (χ0v) is 18.4. The van der Waals surface area contributed by atoms with Crippen LogP contribution in [0.1, 0.15) is 29.6 Å². The number of benzene rings is 1. The summed E-state index contributed by atoms with van der Waals surface area (Å²) in [6, 6.07) is 8.35. The highest BCUT2D eigenvalue weighted by atomic mass is 32.3. The summed E-state index contributed by atoms with van der Waals surface area (Å²) < 4.78 is 46.6. The van der Waals surface area contributed by atoms with Gasteiger partial charge in [-0.15, -0.1) is 0 Å². The van der Waals surface area contributed by atoms with Gasteiger partial charge in [-0.2, -0.15) is 8.42 Å². The number of carbonyl (C=O) groups is 1. The highest BCUT2D eigenvalue weighted by molar-refractivity contribution is 8.14. The van der Waals surface area contributed by atoms with Crippen LogP contribution >= 0.6 is 11.8 Å². The fourth-order valence-electron chi connectivity index (χ4n) is 2.71. The van der Waals surface area contributed by atoms with E-state index < -0.39 is 52.8 Å². The van der Waals surface area contributed by atoms with Crippen molar-refractivity contribution in [2.75, 3.05) is 13.2 Å². The minimum absolute atomic E-state index is 0.0537. The summed E-state index contributed by atoms with van der Waals surface area (Å²) >= 11 is 0.660. The Bertz CT molecular complexity index is 863. The summed E-state index contributed by atoms with van der Waals surface area (Å²) in [6.45, 7) is -0.584. The maximum atomic E-state index is 11.9. The fourth-order valence-corrected chi connectivity index (χ4v) is 4.05. The number of esters is 1. The number of carbonyl (C=O) groups excluding carboxylic acids is 1. The molecule has 1 saturated heterocycles. The maximum Gasteiger partial charge on any atom is 0.338 e. The van der Waals surface area contributed by atoms with E-state index in [-0.39, 0.29) is 18.1 Å². The van der Waals surface area contributed by atoms with Gasteiger partial charge in [0, 0.05) is 0 Å². The molecule has 0 saturated carbocycles. The number of unbranched alkanes of at least 4 members (excludes halogenated alkanes) is 1. The summed E-state index contributed by atoms with van der Waals surface area (Å²) in [5.74, 6) is -0.504. The van der Waals surface area contributed by atoms with Gasteiger partial charge in [0.15, 0.2) is 0 Å². The Kier molecular flexibility index (Phi) is 10.3. The predicted octanol–water partition coefficient (Wildman–Crippen LogP) is -0.663. The van der Waals surface area contributed by atoms with Gasteiger partial charge < -0.3 is 34.5 Å². The summed E-state index contributed by atoms with van der Waals surface area (Å²) in [5, 5.41) is 42.3. The molecule has 0 amide bonds. The lowest BCUT2D eigenvalue weighted by Crippen LogP contribution is -2.57. The summed E-state index contributed by atoms with van der Waals surface area (Å²) in [4.78, 5) is 11.9. The monoisotopic (exact) mass is 494 g/mol. The first-order valence-corrected chi connectivity index (χ1v) is 11.7. The van der Waals surface area contributed by atoms with Gasteiger partial charge in [-0.25, -0.2) is 4.79 Å². The Hall–Kier alpha value is -1.78. The number of rotatable bonds is 10. The molecule has 32 heavy (non-hydrogen) atoms. The van der Waals surface area contributed by atoms with E-state index in [9.17, 15) is 38.2 Å². The second-order valence-electron chi connectivity index (χ2n) is 6.74. The molecular formula is C18H24NO11S2-. The summed E-state index contributed by atoms with van der Waals surface area (Å²) in [7, 11) is -5.14. The Labute approximate surface area is 188 Å². The SMILES string of the molecule is O=C(OCCCC/C(=N\OS(=O)(=O)[O-])S[C@@H]1O[C@H](CO)[C@@H](O)[C@H](O)[C@H]1O)c1ccccc1. The first-order valence-electron chi connectivity index (χ1n) is 9.53. The molecule has 0 aromatic heterocycles. The molecule has 0 spiro atoms. The Morgan fingerprint density at radius 1 is 1.12 bits per heavy atom. The normalized spacial score (nSPS) is 26.5. The lowest BCUT2D eigenvalue weighted by Gasteiger charge is -2.39. The van der Waals surface area contributed by atoms with E-state index in [1.807, 2.05) is 0 Å². The van der Waals surface area contributed by atoms with Crippen LogP contribution in [0.4, 0.5) is 0 Å². The molecule has 1 aliphatic rings. The molecule has 2 rings (SSSR count). The van der Waals surface area contributed by atoms with Gasteiger partial charge in [0.25, 0.3) is 10.4 Å². The third-order valence-electron chi connectivity index (χ3n) is 4.36. The molecule has 1 aromatic rings. The van der Waals surface area contributed by atoms with Crippen molar-refractivity contribution in [2.24, 2.45) is 5.16 Å². The maximum absolute atomic E-state index is 11.9. The van der Waals surface area contributed by atoms with Crippen LogP contribution < -0.4 is 0 Å². The van der Waals surface area contributed by atoms with Crippen molar-refractivity contribution < 1.29 is 51.9 Å². The third-order valence-corrected chi connectivity index (χ3v) is 5.79. The summed E-state index contributed by atoms with van der Waals surface area (Å²) in [5.41, 5.74) is -0.847. The Morgan fingerprint density at radius 3 is 2.44 bits per heavy atom.